The molecule has 0 spiro atoms. The van der Waals surface area contributed by atoms with Gasteiger partial charge in [0.1, 0.15) is 23.8 Å². The van der Waals surface area contributed by atoms with Crippen molar-refractivity contribution >= 4 is 23.4 Å². The Morgan fingerprint density at radius 3 is 2.74 bits per heavy atom. The maximum absolute atomic E-state index is 12.9. The fraction of sp³-hybridized carbons (Fsp3) is 0.500. The Labute approximate surface area is 187 Å². The summed E-state index contributed by atoms with van der Waals surface area (Å²) >= 11 is 5.91. The Morgan fingerprint density at radius 2 is 2.06 bits per heavy atom. The summed E-state index contributed by atoms with van der Waals surface area (Å²) < 4.78 is 13.8. The van der Waals surface area contributed by atoms with Crippen LogP contribution in [0.15, 0.2) is 36.7 Å². The van der Waals surface area contributed by atoms with Crippen molar-refractivity contribution in [2.45, 2.75) is 44.8 Å². The molecule has 0 aliphatic carbocycles. The van der Waals surface area contributed by atoms with Gasteiger partial charge in [-0.2, -0.15) is 0 Å². The molecule has 168 valence electrons. The quantitative estimate of drug-likeness (QED) is 0.635. The number of hydrogen-bond donors (Lipinski definition) is 1. The maximum Gasteiger partial charge on any atom is 0.224 e. The summed E-state index contributed by atoms with van der Waals surface area (Å²) in [4.78, 5) is 30.8. The number of aromatic nitrogens is 2. The predicted octanol–water partition coefficient (Wildman–Crippen LogP) is 2.60. The fourth-order valence-corrected chi connectivity index (χ4v) is 3.88. The van der Waals surface area contributed by atoms with Crippen LogP contribution in [0.3, 0.4) is 0 Å². The summed E-state index contributed by atoms with van der Waals surface area (Å²) in [5, 5.41) is 0.600. The van der Waals surface area contributed by atoms with Gasteiger partial charge in [-0.25, -0.2) is 4.98 Å². The standard InChI is InChI=1S/C22H29ClN4O4/c1-16(2)21-25-8-10-26(21)9-7-20(29)27-11-12-31-22(14-27,13-19(24)28)15-30-18-5-3-17(23)4-6-18/h3-6,8,10,16H,7,9,11-15H2,1-2H3,(H2,24,28). The highest BCUT2D eigenvalue weighted by molar-refractivity contribution is 6.30. The monoisotopic (exact) mass is 448 g/mol. The molecule has 1 atom stereocenters. The number of amides is 2. The van der Waals surface area contributed by atoms with E-state index in [9.17, 15) is 9.59 Å². The second-order valence-electron chi connectivity index (χ2n) is 8.12. The molecule has 2 aromatic rings. The number of nitrogens with two attached hydrogens (primary N) is 1. The Balaban J connectivity index is 1.64. The number of primary amides is 1. The van der Waals surface area contributed by atoms with Gasteiger partial charge in [-0.3, -0.25) is 9.59 Å². The van der Waals surface area contributed by atoms with Crippen LogP contribution < -0.4 is 10.5 Å². The van der Waals surface area contributed by atoms with Crippen LogP contribution in [-0.4, -0.2) is 58.2 Å². The second-order valence-corrected chi connectivity index (χ2v) is 8.55. The number of aryl methyl sites for hydroxylation is 1. The van der Waals surface area contributed by atoms with E-state index in [4.69, 9.17) is 26.8 Å². The highest BCUT2D eigenvalue weighted by atomic mass is 35.5. The minimum Gasteiger partial charge on any atom is -0.490 e. The van der Waals surface area contributed by atoms with Crippen molar-refractivity contribution in [2.75, 3.05) is 26.3 Å². The van der Waals surface area contributed by atoms with Crippen LogP contribution in [0.2, 0.25) is 5.02 Å². The molecule has 1 fully saturated rings. The Bertz CT molecular complexity index is 899. The van der Waals surface area contributed by atoms with Crippen molar-refractivity contribution in [1.29, 1.82) is 0 Å². The van der Waals surface area contributed by atoms with Gasteiger partial charge >= 0.3 is 0 Å². The average Bonchev–Trinajstić information content (AvgIpc) is 3.20. The van der Waals surface area contributed by atoms with Gasteiger partial charge in [-0.1, -0.05) is 25.4 Å². The predicted molar refractivity (Wildman–Crippen MR) is 117 cm³/mol. The molecule has 0 saturated carbocycles. The van der Waals surface area contributed by atoms with Crippen LogP contribution in [0.5, 0.6) is 5.75 Å². The molecule has 0 radical (unpaired) electrons. The van der Waals surface area contributed by atoms with Crippen molar-refractivity contribution in [1.82, 2.24) is 14.5 Å². The van der Waals surface area contributed by atoms with E-state index >= 15 is 0 Å². The van der Waals surface area contributed by atoms with Gasteiger partial charge in [0, 0.05) is 42.8 Å². The van der Waals surface area contributed by atoms with Crippen molar-refractivity contribution in [3.8, 4) is 5.75 Å². The lowest BCUT2D eigenvalue weighted by Gasteiger charge is -2.42. The Hall–Kier alpha value is -2.58. The second kappa shape index (κ2) is 10.2. The smallest absolute Gasteiger partial charge is 0.224 e. The highest BCUT2D eigenvalue weighted by Gasteiger charge is 2.40. The number of carbonyl (C=O) groups excluding carboxylic acids is 2. The van der Waals surface area contributed by atoms with Gasteiger partial charge in [0.05, 0.1) is 19.6 Å². The van der Waals surface area contributed by atoms with E-state index in [1.165, 1.54) is 0 Å². The third-order valence-electron chi connectivity index (χ3n) is 5.24. The van der Waals surface area contributed by atoms with Crippen molar-refractivity contribution in [3.05, 3.63) is 47.5 Å². The number of carbonyl (C=O) groups is 2. The van der Waals surface area contributed by atoms with E-state index in [1.807, 2.05) is 10.8 Å². The number of rotatable bonds is 9. The summed E-state index contributed by atoms with van der Waals surface area (Å²) in [6, 6.07) is 6.92. The number of ether oxygens (including phenoxy) is 2. The summed E-state index contributed by atoms with van der Waals surface area (Å²) in [6.07, 6.45) is 3.93. The number of benzene rings is 1. The molecular formula is C22H29ClN4O4. The highest BCUT2D eigenvalue weighted by Crippen LogP contribution is 2.25. The lowest BCUT2D eigenvalue weighted by atomic mass is 9.97. The molecule has 1 aliphatic rings. The van der Waals surface area contributed by atoms with Crippen LogP contribution in [0.25, 0.3) is 0 Å². The zero-order chi connectivity index (χ0) is 22.4. The maximum atomic E-state index is 12.9. The van der Waals surface area contributed by atoms with Gasteiger partial charge in [0.2, 0.25) is 11.8 Å². The molecule has 3 rings (SSSR count). The van der Waals surface area contributed by atoms with Gasteiger partial charge < -0.3 is 24.7 Å². The lowest BCUT2D eigenvalue weighted by molar-refractivity contribution is -0.161. The van der Waals surface area contributed by atoms with Crippen molar-refractivity contribution in [2.24, 2.45) is 5.73 Å². The van der Waals surface area contributed by atoms with Gasteiger partial charge in [0.15, 0.2) is 0 Å². The summed E-state index contributed by atoms with van der Waals surface area (Å²) in [5.74, 6) is 1.32. The third-order valence-corrected chi connectivity index (χ3v) is 5.50. The first-order valence-electron chi connectivity index (χ1n) is 10.4. The first-order valence-corrected chi connectivity index (χ1v) is 10.8. The molecule has 2 amide bonds. The Kier molecular flexibility index (Phi) is 7.56. The average molecular weight is 449 g/mol. The SMILES string of the molecule is CC(C)c1nccn1CCC(=O)N1CCOC(COc2ccc(Cl)cc2)(CC(N)=O)C1. The zero-order valence-corrected chi connectivity index (χ0v) is 18.7. The minimum absolute atomic E-state index is 0.00737. The number of nitrogens with zero attached hydrogens (tertiary/aromatic N) is 3. The molecule has 1 aromatic carbocycles. The minimum atomic E-state index is -0.989. The largest absolute Gasteiger partial charge is 0.490 e. The number of morpholine rings is 1. The van der Waals surface area contributed by atoms with Crippen molar-refractivity contribution < 1.29 is 19.1 Å². The normalized spacial score (nSPS) is 18.9. The molecule has 1 aromatic heterocycles. The molecular weight excluding hydrogens is 420 g/mol. The molecule has 31 heavy (non-hydrogen) atoms. The van der Waals surface area contributed by atoms with E-state index in [-0.39, 0.29) is 31.4 Å². The number of halogens is 1. The van der Waals surface area contributed by atoms with E-state index in [2.05, 4.69) is 18.8 Å². The van der Waals surface area contributed by atoms with Crippen molar-refractivity contribution in [3.63, 3.8) is 0 Å². The first-order chi connectivity index (χ1) is 14.8. The molecule has 0 bridgehead atoms. The zero-order valence-electron chi connectivity index (χ0n) is 17.9. The van der Waals surface area contributed by atoms with Gasteiger partial charge in [0.25, 0.3) is 0 Å². The number of imidazole rings is 1. The first kappa shape index (κ1) is 23.1. The Morgan fingerprint density at radius 1 is 1.32 bits per heavy atom. The van der Waals surface area contributed by atoms with E-state index < -0.39 is 11.5 Å². The number of hydrogen-bond acceptors (Lipinski definition) is 5. The molecule has 8 nitrogen and oxygen atoms in total. The van der Waals surface area contributed by atoms with Crippen LogP contribution >= 0.6 is 11.6 Å². The van der Waals surface area contributed by atoms with Crippen LogP contribution in [0.4, 0.5) is 0 Å². The van der Waals surface area contributed by atoms with E-state index in [0.29, 0.717) is 36.9 Å². The molecule has 2 N–H and O–H groups in total. The summed E-state index contributed by atoms with van der Waals surface area (Å²) in [5.41, 5.74) is 4.49. The summed E-state index contributed by atoms with van der Waals surface area (Å²) in [6.45, 7) is 5.80. The lowest BCUT2D eigenvalue weighted by Crippen LogP contribution is -2.58. The fourth-order valence-electron chi connectivity index (χ4n) is 3.75. The molecule has 1 aliphatic heterocycles. The summed E-state index contributed by atoms with van der Waals surface area (Å²) in [7, 11) is 0. The van der Waals surface area contributed by atoms with Crippen LogP contribution in [-0.2, 0) is 20.9 Å². The van der Waals surface area contributed by atoms with Gasteiger partial charge in [-0.05, 0) is 24.3 Å². The van der Waals surface area contributed by atoms with E-state index in [0.717, 1.165) is 5.82 Å². The van der Waals surface area contributed by atoms with Gasteiger partial charge in [-0.15, -0.1) is 0 Å². The third kappa shape index (κ3) is 6.21. The van der Waals surface area contributed by atoms with E-state index in [1.54, 1.807) is 35.4 Å². The van der Waals surface area contributed by atoms with Crippen LogP contribution in [0.1, 0.15) is 38.4 Å². The molecule has 1 saturated heterocycles. The topological polar surface area (TPSA) is 99.7 Å². The molecule has 1 unspecified atom stereocenters. The van der Waals surface area contributed by atoms with Crippen LogP contribution in [0, 0.1) is 0 Å². The molecule has 9 heteroatoms. The molecule has 2 heterocycles.